The fourth-order valence-electron chi connectivity index (χ4n) is 2.88. The first kappa shape index (κ1) is 20.6. The van der Waals surface area contributed by atoms with E-state index in [1.807, 2.05) is 31.2 Å². The second-order valence-corrected chi connectivity index (χ2v) is 8.67. The third-order valence-electron chi connectivity index (χ3n) is 4.50. The number of carbonyl (C=O) groups is 2. The van der Waals surface area contributed by atoms with Crippen molar-refractivity contribution in [2.45, 2.75) is 32.4 Å². The number of imide groups is 1. The molecule has 1 saturated heterocycles. The molecule has 5 nitrogen and oxygen atoms in total. The molecule has 3 rings (SSSR count). The number of anilines is 2. The molecule has 2 aromatic carbocycles. The van der Waals surface area contributed by atoms with Crippen LogP contribution < -0.4 is 10.2 Å². The number of nitrogens with one attached hydrogen (secondary N) is 1. The zero-order valence-electron chi connectivity index (χ0n) is 16.0. The standard InChI is InChI=1S/C21H22BrN3O2S/c1-4-23-21(24-16-8-5-13(2)14(3)11-16)28-18-12-19(26)25(20(18)27)17-9-6-15(22)7-10-17/h5-11,18H,4,12H2,1-3H3,(H,23,24)/t18-/m1/s1. The minimum Gasteiger partial charge on any atom is -0.335 e. The maximum Gasteiger partial charge on any atom is 0.247 e. The topological polar surface area (TPSA) is 61.8 Å². The molecule has 7 heteroatoms. The van der Waals surface area contributed by atoms with Crippen molar-refractivity contribution < 1.29 is 9.59 Å². The molecule has 1 N–H and O–H groups in total. The van der Waals surface area contributed by atoms with Crippen molar-refractivity contribution in [1.29, 1.82) is 0 Å². The van der Waals surface area contributed by atoms with Crippen molar-refractivity contribution >= 4 is 56.0 Å². The van der Waals surface area contributed by atoms with Crippen molar-refractivity contribution in [2.75, 3.05) is 16.8 Å². The van der Waals surface area contributed by atoms with Crippen LogP contribution in [-0.2, 0) is 9.59 Å². The van der Waals surface area contributed by atoms with E-state index < -0.39 is 5.25 Å². The van der Waals surface area contributed by atoms with Crippen LogP contribution in [0.25, 0.3) is 0 Å². The predicted octanol–water partition coefficient (Wildman–Crippen LogP) is 4.92. The largest absolute Gasteiger partial charge is 0.335 e. The molecule has 0 bridgehead atoms. The minimum atomic E-state index is -0.486. The van der Waals surface area contributed by atoms with Gasteiger partial charge < -0.3 is 5.32 Å². The number of hydrogen-bond donors (Lipinski definition) is 1. The summed E-state index contributed by atoms with van der Waals surface area (Å²) in [6.07, 6.45) is 0.164. The minimum absolute atomic E-state index is 0.164. The fraction of sp³-hybridized carbons (Fsp3) is 0.286. The molecular weight excluding hydrogens is 438 g/mol. The van der Waals surface area contributed by atoms with E-state index in [4.69, 9.17) is 0 Å². The molecule has 28 heavy (non-hydrogen) atoms. The first-order valence-corrected chi connectivity index (χ1v) is 10.7. The van der Waals surface area contributed by atoms with Crippen LogP contribution in [0, 0.1) is 13.8 Å². The van der Waals surface area contributed by atoms with Gasteiger partial charge in [0.2, 0.25) is 11.8 Å². The lowest BCUT2D eigenvalue weighted by Gasteiger charge is -2.16. The second-order valence-electron chi connectivity index (χ2n) is 6.56. The van der Waals surface area contributed by atoms with Gasteiger partial charge >= 0.3 is 0 Å². The van der Waals surface area contributed by atoms with E-state index in [1.165, 1.54) is 27.8 Å². The molecule has 2 amide bonds. The Kier molecular flexibility index (Phi) is 6.57. The summed E-state index contributed by atoms with van der Waals surface area (Å²) >= 11 is 4.68. The second kappa shape index (κ2) is 8.92. The number of aliphatic imine (C=N–C) groups is 1. The van der Waals surface area contributed by atoms with Gasteiger partial charge in [0.25, 0.3) is 0 Å². The SMILES string of the molecule is CCN=C(Nc1ccc(C)c(C)c1)S[C@@H]1CC(=O)N(c2ccc(Br)cc2)C1=O. The van der Waals surface area contributed by atoms with Crippen molar-refractivity contribution in [3.8, 4) is 0 Å². The van der Waals surface area contributed by atoms with Gasteiger partial charge in [-0.15, -0.1) is 0 Å². The molecule has 1 heterocycles. The maximum absolute atomic E-state index is 12.9. The average molecular weight is 460 g/mol. The Morgan fingerprint density at radius 3 is 2.54 bits per heavy atom. The molecule has 0 saturated carbocycles. The normalized spacial score (nSPS) is 17.4. The highest BCUT2D eigenvalue weighted by molar-refractivity contribution is 9.10. The van der Waals surface area contributed by atoms with Crippen LogP contribution in [0.4, 0.5) is 11.4 Å². The number of hydrogen-bond acceptors (Lipinski definition) is 4. The molecule has 0 aromatic heterocycles. The lowest BCUT2D eigenvalue weighted by Crippen LogP contribution is -2.31. The van der Waals surface area contributed by atoms with Crippen LogP contribution in [0.2, 0.25) is 0 Å². The number of amides is 2. The smallest absolute Gasteiger partial charge is 0.247 e. The van der Waals surface area contributed by atoms with E-state index in [-0.39, 0.29) is 18.2 Å². The summed E-state index contributed by atoms with van der Waals surface area (Å²) in [5, 5.41) is 3.46. The number of nitrogens with zero attached hydrogens (tertiary/aromatic N) is 2. The Hall–Kier alpha value is -2.12. The highest BCUT2D eigenvalue weighted by Crippen LogP contribution is 2.31. The van der Waals surface area contributed by atoms with Gasteiger partial charge in [0.1, 0.15) is 5.25 Å². The summed E-state index contributed by atoms with van der Waals surface area (Å²) in [5.74, 6) is -0.394. The summed E-state index contributed by atoms with van der Waals surface area (Å²) < 4.78 is 0.899. The van der Waals surface area contributed by atoms with Gasteiger partial charge in [-0.25, -0.2) is 4.90 Å². The molecule has 0 aliphatic carbocycles. The highest BCUT2D eigenvalue weighted by atomic mass is 79.9. The Bertz CT molecular complexity index is 928. The lowest BCUT2D eigenvalue weighted by molar-refractivity contribution is -0.121. The summed E-state index contributed by atoms with van der Waals surface area (Å²) in [7, 11) is 0. The number of carbonyl (C=O) groups excluding carboxylic acids is 2. The summed E-state index contributed by atoms with van der Waals surface area (Å²) in [6, 6.07) is 13.3. The lowest BCUT2D eigenvalue weighted by atomic mass is 10.1. The van der Waals surface area contributed by atoms with Gasteiger partial charge in [-0.2, -0.15) is 0 Å². The quantitative estimate of drug-likeness (QED) is 0.400. The van der Waals surface area contributed by atoms with Gasteiger partial charge in [0.05, 0.1) is 5.69 Å². The first-order valence-electron chi connectivity index (χ1n) is 9.06. The summed E-state index contributed by atoms with van der Waals surface area (Å²) in [6.45, 7) is 6.65. The molecule has 1 aliphatic heterocycles. The number of aryl methyl sites for hydroxylation is 2. The molecule has 2 aromatic rings. The van der Waals surface area contributed by atoms with Crippen molar-refractivity contribution in [1.82, 2.24) is 0 Å². The maximum atomic E-state index is 12.9. The zero-order chi connectivity index (χ0) is 20.3. The summed E-state index contributed by atoms with van der Waals surface area (Å²) in [4.78, 5) is 31.1. The van der Waals surface area contributed by atoms with E-state index in [0.717, 1.165) is 10.2 Å². The van der Waals surface area contributed by atoms with Crippen LogP contribution in [0.3, 0.4) is 0 Å². The Balaban J connectivity index is 1.75. The molecule has 0 unspecified atom stereocenters. The number of benzene rings is 2. The van der Waals surface area contributed by atoms with Crippen LogP contribution in [0.5, 0.6) is 0 Å². The molecule has 0 spiro atoms. The summed E-state index contributed by atoms with van der Waals surface area (Å²) in [5.41, 5.74) is 3.91. The van der Waals surface area contributed by atoms with Crippen LogP contribution >= 0.6 is 27.7 Å². The Labute approximate surface area is 177 Å². The van der Waals surface area contributed by atoms with E-state index in [1.54, 1.807) is 12.1 Å². The highest BCUT2D eigenvalue weighted by Gasteiger charge is 2.40. The van der Waals surface area contributed by atoms with E-state index in [2.05, 4.69) is 46.2 Å². The third kappa shape index (κ3) is 4.64. The Morgan fingerprint density at radius 1 is 1.18 bits per heavy atom. The number of halogens is 1. The van der Waals surface area contributed by atoms with Crippen LogP contribution in [0.1, 0.15) is 24.5 Å². The predicted molar refractivity (Wildman–Crippen MR) is 120 cm³/mol. The van der Waals surface area contributed by atoms with Gasteiger partial charge in [-0.05, 0) is 68.3 Å². The third-order valence-corrected chi connectivity index (χ3v) is 6.14. The molecule has 0 radical (unpaired) electrons. The fourth-order valence-corrected chi connectivity index (χ4v) is 4.23. The number of rotatable bonds is 4. The van der Waals surface area contributed by atoms with Gasteiger partial charge in [-0.1, -0.05) is 33.8 Å². The van der Waals surface area contributed by atoms with Crippen molar-refractivity contribution in [3.05, 3.63) is 58.1 Å². The van der Waals surface area contributed by atoms with Gasteiger partial charge in [-0.3, -0.25) is 14.6 Å². The van der Waals surface area contributed by atoms with Gasteiger partial charge in [0.15, 0.2) is 5.17 Å². The van der Waals surface area contributed by atoms with Crippen LogP contribution in [0.15, 0.2) is 51.9 Å². The van der Waals surface area contributed by atoms with E-state index >= 15 is 0 Å². The van der Waals surface area contributed by atoms with Crippen molar-refractivity contribution in [3.63, 3.8) is 0 Å². The molecular formula is C21H22BrN3O2S. The first-order chi connectivity index (χ1) is 13.4. The monoisotopic (exact) mass is 459 g/mol. The Morgan fingerprint density at radius 2 is 1.89 bits per heavy atom. The van der Waals surface area contributed by atoms with Crippen LogP contribution in [-0.4, -0.2) is 28.8 Å². The van der Waals surface area contributed by atoms with E-state index in [0.29, 0.717) is 17.4 Å². The van der Waals surface area contributed by atoms with Crippen molar-refractivity contribution in [2.24, 2.45) is 4.99 Å². The number of thioether (sulfide) groups is 1. The molecule has 1 atom stereocenters. The zero-order valence-corrected chi connectivity index (χ0v) is 18.4. The molecule has 146 valence electrons. The molecule has 1 fully saturated rings. The van der Waals surface area contributed by atoms with E-state index in [9.17, 15) is 9.59 Å². The van der Waals surface area contributed by atoms with Gasteiger partial charge in [0, 0.05) is 23.1 Å². The average Bonchev–Trinajstić information content (AvgIpc) is 2.93. The number of amidine groups is 1. The molecule has 1 aliphatic rings.